The Morgan fingerprint density at radius 3 is 2.79 bits per heavy atom. The molecule has 7 heteroatoms. The lowest BCUT2D eigenvalue weighted by molar-refractivity contribution is -0.116. The molecule has 28 heavy (non-hydrogen) atoms. The molecule has 0 bridgehead atoms. The number of thiophene rings is 1. The van der Waals surface area contributed by atoms with Crippen molar-refractivity contribution in [2.24, 2.45) is 0 Å². The smallest absolute Gasteiger partial charge is 0.251 e. The highest BCUT2D eigenvalue weighted by atomic mass is 32.1. The Kier molecular flexibility index (Phi) is 7.33. The number of nitrogens with one attached hydrogen (secondary N) is 2. The summed E-state index contributed by atoms with van der Waals surface area (Å²) in [6, 6.07) is 11.1. The number of nitrogens with zero attached hydrogens (tertiary/aromatic N) is 1. The van der Waals surface area contributed by atoms with E-state index in [1.54, 1.807) is 46.9 Å². The molecular weight excluding hydrogens is 390 g/mol. The van der Waals surface area contributed by atoms with Gasteiger partial charge in [-0.25, -0.2) is 4.98 Å². The molecule has 5 nitrogen and oxygen atoms in total. The van der Waals surface area contributed by atoms with Gasteiger partial charge in [0.1, 0.15) is 0 Å². The maximum absolute atomic E-state index is 12.4. The summed E-state index contributed by atoms with van der Waals surface area (Å²) in [4.78, 5) is 30.3. The number of hydrogen-bond donors (Lipinski definition) is 2. The molecule has 2 heterocycles. The van der Waals surface area contributed by atoms with Crippen molar-refractivity contribution < 1.29 is 9.59 Å². The quantitative estimate of drug-likeness (QED) is 0.536. The number of aryl methyl sites for hydroxylation is 2. The van der Waals surface area contributed by atoms with Gasteiger partial charge in [-0.1, -0.05) is 19.1 Å². The number of carbonyl (C=O) groups excluding carboxylic acids is 2. The van der Waals surface area contributed by atoms with Gasteiger partial charge in [0.25, 0.3) is 5.91 Å². The predicted octanol–water partition coefficient (Wildman–Crippen LogP) is 4.66. The summed E-state index contributed by atoms with van der Waals surface area (Å²) in [6.45, 7) is 2.46. The highest BCUT2D eigenvalue weighted by Crippen LogP contribution is 2.15. The van der Waals surface area contributed by atoms with Gasteiger partial charge >= 0.3 is 0 Å². The maximum Gasteiger partial charge on any atom is 0.251 e. The van der Waals surface area contributed by atoms with Gasteiger partial charge in [0.05, 0.1) is 17.2 Å². The summed E-state index contributed by atoms with van der Waals surface area (Å²) in [5.74, 6) is -0.219. The van der Waals surface area contributed by atoms with Crippen molar-refractivity contribution in [3.05, 3.63) is 68.3 Å². The standard InChI is InChI=1S/C21H23N3O2S2/c1-2-20-24-17(14-28-20)13-22-21(26)15-6-3-7-16(12-15)23-19(25)10-4-8-18-9-5-11-27-18/h3,5-7,9,11-12,14H,2,4,8,10,13H2,1H3,(H,22,26)(H,23,25). The monoisotopic (exact) mass is 413 g/mol. The molecule has 2 N–H and O–H groups in total. The minimum absolute atomic E-state index is 0.0383. The van der Waals surface area contributed by atoms with Gasteiger partial charge in [-0.2, -0.15) is 0 Å². The summed E-state index contributed by atoms with van der Waals surface area (Å²) < 4.78 is 0. The second-order valence-electron chi connectivity index (χ2n) is 6.33. The van der Waals surface area contributed by atoms with Crippen LogP contribution in [0.1, 0.15) is 45.7 Å². The second kappa shape index (κ2) is 10.1. The van der Waals surface area contributed by atoms with E-state index in [9.17, 15) is 9.59 Å². The Bertz CT molecular complexity index is 919. The van der Waals surface area contributed by atoms with Gasteiger partial charge in [0, 0.05) is 27.9 Å². The van der Waals surface area contributed by atoms with Crippen LogP contribution in [0.25, 0.3) is 0 Å². The number of thiazole rings is 1. The molecule has 2 amide bonds. The van der Waals surface area contributed by atoms with Crippen molar-refractivity contribution in [1.82, 2.24) is 10.3 Å². The van der Waals surface area contributed by atoms with Crippen LogP contribution >= 0.6 is 22.7 Å². The Morgan fingerprint density at radius 2 is 2.04 bits per heavy atom. The Hall–Kier alpha value is -2.51. The van der Waals surface area contributed by atoms with E-state index in [0.717, 1.165) is 30.0 Å². The van der Waals surface area contributed by atoms with Crippen molar-refractivity contribution in [1.29, 1.82) is 0 Å². The number of carbonyl (C=O) groups is 2. The molecule has 3 rings (SSSR count). The van der Waals surface area contributed by atoms with Crippen molar-refractivity contribution in [2.75, 3.05) is 5.32 Å². The molecule has 0 radical (unpaired) electrons. The van der Waals surface area contributed by atoms with Gasteiger partial charge in [-0.05, 0) is 48.9 Å². The Labute approximate surface area is 172 Å². The lowest BCUT2D eigenvalue weighted by atomic mass is 10.1. The molecule has 3 aromatic rings. The molecule has 1 aromatic carbocycles. The molecule has 0 aliphatic heterocycles. The zero-order valence-electron chi connectivity index (χ0n) is 15.7. The number of hydrogen-bond acceptors (Lipinski definition) is 5. The second-order valence-corrected chi connectivity index (χ2v) is 8.31. The first-order valence-electron chi connectivity index (χ1n) is 9.28. The zero-order chi connectivity index (χ0) is 19.8. The highest BCUT2D eigenvalue weighted by molar-refractivity contribution is 7.10. The lowest BCUT2D eigenvalue weighted by Crippen LogP contribution is -2.23. The average molecular weight is 414 g/mol. The molecule has 0 saturated carbocycles. The first kappa shape index (κ1) is 20.2. The number of rotatable bonds is 9. The van der Waals surface area contributed by atoms with E-state index in [1.165, 1.54) is 4.88 Å². The van der Waals surface area contributed by atoms with E-state index in [1.807, 2.05) is 16.8 Å². The number of anilines is 1. The third-order valence-corrected chi connectivity index (χ3v) is 6.13. The van der Waals surface area contributed by atoms with Crippen LogP contribution < -0.4 is 10.6 Å². The van der Waals surface area contributed by atoms with E-state index in [4.69, 9.17) is 0 Å². The molecule has 0 unspecified atom stereocenters. The van der Waals surface area contributed by atoms with Gasteiger partial charge < -0.3 is 10.6 Å². The molecule has 146 valence electrons. The first-order chi connectivity index (χ1) is 13.6. The summed E-state index contributed by atoms with van der Waals surface area (Å²) in [5.41, 5.74) is 2.02. The van der Waals surface area contributed by atoms with Gasteiger partial charge in [-0.15, -0.1) is 22.7 Å². The summed E-state index contributed by atoms with van der Waals surface area (Å²) in [7, 11) is 0. The Balaban J connectivity index is 1.48. The highest BCUT2D eigenvalue weighted by Gasteiger charge is 2.09. The SMILES string of the molecule is CCc1nc(CNC(=O)c2cccc(NC(=O)CCCc3cccs3)c2)cs1. The fraction of sp³-hybridized carbons (Fsp3) is 0.286. The lowest BCUT2D eigenvalue weighted by Gasteiger charge is -2.08. The van der Waals surface area contributed by atoms with E-state index >= 15 is 0 Å². The van der Waals surface area contributed by atoms with Crippen LogP contribution in [-0.2, 0) is 24.2 Å². The molecule has 2 aromatic heterocycles. The van der Waals surface area contributed by atoms with Crippen LogP contribution in [0.4, 0.5) is 5.69 Å². The molecule has 0 atom stereocenters. The fourth-order valence-corrected chi connectivity index (χ4v) is 4.20. The van der Waals surface area contributed by atoms with Crippen LogP contribution in [0.15, 0.2) is 47.2 Å². The van der Waals surface area contributed by atoms with Crippen LogP contribution in [0.5, 0.6) is 0 Å². The van der Waals surface area contributed by atoms with Crippen molar-refractivity contribution in [3.8, 4) is 0 Å². The fourth-order valence-electron chi connectivity index (χ4n) is 2.71. The third-order valence-electron chi connectivity index (χ3n) is 4.15. The molecule has 0 aliphatic rings. The minimum Gasteiger partial charge on any atom is -0.346 e. The summed E-state index contributed by atoms with van der Waals surface area (Å²) in [6.07, 6.45) is 3.06. The van der Waals surface area contributed by atoms with Crippen molar-refractivity contribution >= 4 is 40.2 Å². The van der Waals surface area contributed by atoms with Crippen LogP contribution in [-0.4, -0.2) is 16.8 Å². The predicted molar refractivity (Wildman–Crippen MR) is 115 cm³/mol. The molecule has 0 fully saturated rings. The van der Waals surface area contributed by atoms with E-state index in [2.05, 4.69) is 28.6 Å². The minimum atomic E-state index is -0.181. The summed E-state index contributed by atoms with van der Waals surface area (Å²) in [5, 5.41) is 10.8. The van der Waals surface area contributed by atoms with Crippen molar-refractivity contribution in [2.45, 2.75) is 39.2 Å². The van der Waals surface area contributed by atoms with Gasteiger partial charge in [-0.3, -0.25) is 9.59 Å². The number of aromatic nitrogens is 1. The van der Waals surface area contributed by atoms with Crippen LogP contribution in [0.3, 0.4) is 0 Å². The Morgan fingerprint density at radius 1 is 1.14 bits per heavy atom. The summed E-state index contributed by atoms with van der Waals surface area (Å²) >= 11 is 3.31. The largest absolute Gasteiger partial charge is 0.346 e. The zero-order valence-corrected chi connectivity index (χ0v) is 17.4. The van der Waals surface area contributed by atoms with Crippen molar-refractivity contribution in [3.63, 3.8) is 0 Å². The van der Waals surface area contributed by atoms with E-state index < -0.39 is 0 Å². The van der Waals surface area contributed by atoms with Gasteiger partial charge in [0.2, 0.25) is 5.91 Å². The normalized spacial score (nSPS) is 10.6. The van der Waals surface area contributed by atoms with Crippen LogP contribution in [0.2, 0.25) is 0 Å². The number of benzene rings is 1. The van der Waals surface area contributed by atoms with Gasteiger partial charge in [0.15, 0.2) is 0 Å². The maximum atomic E-state index is 12.4. The molecule has 0 saturated heterocycles. The topological polar surface area (TPSA) is 71.1 Å². The molecule has 0 spiro atoms. The third kappa shape index (κ3) is 6.00. The molecular formula is C21H23N3O2S2. The van der Waals surface area contributed by atoms with E-state index in [0.29, 0.717) is 24.2 Å². The van der Waals surface area contributed by atoms with Crippen LogP contribution in [0, 0.1) is 0 Å². The first-order valence-corrected chi connectivity index (χ1v) is 11.0. The number of amides is 2. The molecule has 0 aliphatic carbocycles. The van der Waals surface area contributed by atoms with E-state index in [-0.39, 0.29) is 11.8 Å². The average Bonchev–Trinajstić information content (AvgIpc) is 3.38.